The van der Waals surface area contributed by atoms with Gasteiger partial charge in [0.05, 0.1) is 11.1 Å². The molecular formula is C26H32ClNO3. The van der Waals surface area contributed by atoms with Gasteiger partial charge in [0.2, 0.25) is 0 Å². The highest BCUT2D eigenvalue weighted by Crippen LogP contribution is 2.29. The van der Waals surface area contributed by atoms with Crippen LogP contribution in [0.2, 0.25) is 5.02 Å². The van der Waals surface area contributed by atoms with E-state index in [4.69, 9.17) is 21.1 Å². The Kier molecular flexibility index (Phi) is 13.4. The zero-order chi connectivity index (χ0) is 24.0. The molecule has 0 heterocycles. The number of nitriles is 1. The molecule has 0 bridgehead atoms. The Morgan fingerprint density at radius 2 is 1.81 bits per heavy atom. The number of aryl methyl sites for hydroxylation is 1. The molecule has 2 unspecified atom stereocenters. The van der Waals surface area contributed by atoms with Crippen molar-refractivity contribution in [3.8, 4) is 11.8 Å². The quantitative estimate of drug-likeness (QED) is 0.283. The number of carbonyl (C=O) groups excluding carboxylic acids is 1. The summed E-state index contributed by atoms with van der Waals surface area (Å²) in [6, 6.07) is 7.46. The fourth-order valence-electron chi connectivity index (χ4n) is 2.53. The Balaban J connectivity index is 0.00000436. The van der Waals surface area contributed by atoms with Gasteiger partial charge in [0.25, 0.3) is 0 Å². The average Bonchev–Trinajstić information content (AvgIpc) is 2.78. The smallest absolute Gasteiger partial charge is 0.194 e. The van der Waals surface area contributed by atoms with E-state index < -0.39 is 12.0 Å². The van der Waals surface area contributed by atoms with Gasteiger partial charge in [-0.2, -0.15) is 5.26 Å². The summed E-state index contributed by atoms with van der Waals surface area (Å²) >= 11 is 6.25. The molecule has 0 amide bonds. The highest BCUT2D eigenvalue weighted by molar-refractivity contribution is 6.32. The van der Waals surface area contributed by atoms with Crippen molar-refractivity contribution in [3.63, 3.8) is 0 Å². The van der Waals surface area contributed by atoms with Crippen molar-refractivity contribution in [1.29, 1.82) is 5.26 Å². The number of ketones is 1. The first-order valence-electron chi connectivity index (χ1n) is 10.1. The van der Waals surface area contributed by atoms with Crippen LogP contribution >= 0.6 is 11.6 Å². The summed E-state index contributed by atoms with van der Waals surface area (Å²) in [5, 5.41) is 9.92. The zero-order valence-electron chi connectivity index (χ0n) is 19.2. The second-order valence-electron chi connectivity index (χ2n) is 6.17. The van der Waals surface area contributed by atoms with Crippen LogP contribution < -0.4 is 4.74 Å². The Hall–Kier alpha value is -3.03. The number of hydrogen-bond acceptors (Lipinski definition) is 4. The van der Waals surface area contributed by atoms with Crippen molar-refractivity contribution in [2.45, 2.75) is 47.6 Å². The molecular weight excluding hydrogens is 410 g/mol. The molecule has 0 aliphatic heterocycles. The summed E-state index contributed by atoms with van der Waals surface area (Å²) in [5.41, 5.74) is 1.48. The Bertz CT molecular complexity index is 904. The summed E-state index contributed by atoms with van der Waals surface area (Å²) < 4.78 is 11.7. The van der Waals surface area contributed by atoms with Gasteiger partial charge >= 0.3 is 0 Å². The van der Waals surface area contributed by atoms with E-state index >= 15 is 0 Å². The first kappa shape index (κ1) is 28.0. The summed E-state index contributed by atoms with van der Waals surface area (Å²) in [4.78, 5) is 12.8. The van der Waals surface area contributed by atoms with Crippen molar-refractivity contribution >= 4 is 17.4 Å². The van der Waals surface area contributed by atoms with E-state index in [0.717, 1.165) is 5.56 Å². The number of carbonyl (C=O) groups is 1. The highest BCUT2D eigenvalue weighted by atomic mass is 35.5. The van der Waals surface area contributed by atoms with Crippen molar-refractivity contribution in [2.24, 2.45) is 5.92 Å². The summed E-state index contributed by atoms with van der Waals surface area (Å²) in [5.74, 6) is -0.125. The molecule has 4 nitrogen and oxygen atoms in total. The van der Waals surface area contributed by atoms with Crippen LogP contribution in [-0.2, 0) is 9.53 Å². The molecule has 31 heavy (non-hydrogen) atoms. The van der Waals surface area contributed by atoms with Crippen molar-refractivity contribution in [1.82, 2.24) is 0 Å². The van der Waals surface area contributed by atoms with E-state index in [9.17, 15) is 10.1 Å². The summed E-state index contributed by atoms with van der Waals surface area (Å²) in [6.45, 7) is 18.3. The SMILES string of the molecule is C=C/C=C(\C=C)C(C#N)C(=O)C(C)OC(=C/C)/C(=C\C)Oc1ccc(C)cc1Cl.CC. The molecule has 0 saturated heterocycles. The lowest BCUT2D eigenvalue weighted by atomic mass is 9.93. The van der Waals surface area contributed by atoms with E-state index in [-0.39, 0.29) is 5.78 Å². The second kappa shape index (κ2) is 14.9. The first-order valence-corrected chi connectivity index (χ1v) is 10.5. The Labute approximate surface area is 191 Å². The molecule has 0 radical (unpaired) electrons. The van der Waals surface area contributed by atoms with Gasteiger partial charge < -0.3 is 9.47 Å². The summed E-state index contributed by atoms with van der Waals surface area (Å²) in [7, 11) is 0. The average molecular weight is 442 g/mol. The van der Waals surface area contributed by atoms with E-state index in [1.54, 1.807) is 51.1 Å². The van der Waals surface area contributed by atoms with Crippen LogP contribution in [0.1, 0.15) is 40.2 Å². The number of ether oxygens (including phenoxy) is 2. The number of allylic oxidation sites excluding steroid dienone is 6. The molecule has 1 aromatic rings. The third kappa shape index (κ3) is 8.32. The van der Waals surface area contributed by atoms with Gasteiger partial charge in [0, 0.05) is 0 Å². The molecule has 1 aromatic carbocycles. The van der Waals surface area contributed by atoms with Crippen LogP contribution in [0.15, 0.2) is 78.8 Å². The van der Waals surface area contributed by atoms with Crippen LogP contribution in [0.4, 0.5) is 0 Å². The highest BCUT2D eigenvalue weighted by Gasteiger charge is 2.28. The lowest BCUT2D eigenvalue weighted by molar-refractivity contribution is -0.128. The standard InChI is InChI=1S/C24H26ClNO3.C2H6/c1-7-11-18(8-2)19(15-26)24(27)17(6)28-21(9-3)22(10-4)29-23-13-12-16(5)14-20(23)25;1-2/h7-14,17,19H,1-2H2,3-6H3;1-2H3/b18-11+,21-9+,22-10+;. The van der Waals surface area contributed by atoms with Crippen LogP contribution in [0.5, 0.6) is 5.75 Å². The maximum atomic E-state index is 12.8. The normalized spacial score (nSPS) is 13.7. The van der Waals surface area contributed by atoms with E-state index in [2.05, 4.69) is 13.2 Å². The molecule has 1 rings (SSSR count). The number of rotatable bonds is 10. The zero-order valence-corrected chi connectivity index (χ0v) is 20.0. The lowest BCUT2D eigenvalue weighted by Gasteiger charge is -2.21. The third-order valence-corrected chi connectivity index (χ3v) is 4.37. The van der Waals surface area contributed by atoms with Gasteiger partial charge in [0.15, 0.2) is 23.4 Å². The molecule has 0 spiro atoms. The molecule has 5 heteroatoms. The molecule has 0 aliphatic carbocycles. The van der Waals surface area contributed by atoms with E-state index in [1.807, 2.05) is 32.9 Å². The predicted molar refractivity (Wildman–Crippen MR) is 129 cm³/mol. The Morgan fingerprint density at radius 3 is 2.26 bits per heavy atom. The molecule has 0 N–H and O–H groups in total. The minimum Gasteiger partial charge on any atom is -0.479 e. The maximum absolute atomic E-state index is 12.8. The Morgan fingerprint density at radius 1 is 1.19 bits per heavy atom. The van der Waals surface area contributed by atoms with Gasteiger partial charge in [-0.1, -0.05) is 62.9 Å². The van der Waals surface area contributed by atoms with Crippen LogP contribution in [0.3, 0.4) is 0 Å². The monoisotopic (exact) mass is 441 g/mol. The van der Waals surface area contributed by atoms with Gasteiger partial charge in [-0.3, -0.25) is 4.79 Å². The molecule has 0 fully saturated rings. The molecule has 2 atom stereocenters. The van der Waals surface area contributed by atoms with Gasteiger partial charge in [-0.25, -0.2) is 0 Å². The number of benzene rings is 1. The number of halogens is 1. The van der Waals surface area contributed by atoms with Crippen molar-refractivity contribution in [2.75, 3.05) is 0 Å². The summed E-state index contributed by atoms with van der Waals surface area (Å²) in [6.07, 6.45) is 7.09. The minimum atomic E-state index is -1.000. The number of hydrogen-bond donors (Lipinski definition) is 0. The van der Waals surface area contributed by atoms with Crippen LogP contribution in [0.25, 0.3) is 0 Å². The predicted octanol–water partition coefficient (Wildman–Crippen LogP) is 7.27. The molecule has 0 saturated carbocycles. The lowest BCUT2D eigenvalue weighted by Crippen LogP contribution is -2.29. The molecule has 166 valence electrons. The first-order chi connectivity index (χ1) is 14.8. The number of nitrogens with zero attached hydrogens (tertiary/aromatic N) is 1. The topological polar surface area (TPSA) is 59.3 Å². The van der Waals surface area contributed by atoms with E-state index in [0.29, 0.717) is 27.9 Å². The fraction of sp³-hybridized carbons (Fsp3) is 0.308. The minimum absolute atomic E-state index is 0.370. The maximum Gasteiger partial charge on any atom is 0.194 e. The third-order valence-electron chi connectivity index (χ3n) is 4.07. The number of Topliss-reactive ketones (excluding diaryl/α,β-unsaturated/α-hetero) is 1. The van der Waals surface area contributed by atoms with E-state index in [1.165, 1.54) is 12.2 Å². The largest absolute Gasteiger partial charge is 0.479 e. The van der Waals surface area contributed by atoms with Gasteiger partial charge in [-0.05, 0) is 63.1 Å². The van der Waals surface area contributed by atoms with Gasteiger partial charge in [0.1, 0.15) is 11.7 Å². The molecule has 0 aliphatic rings. The fourth-order valence-corrected chi connectivity index (χ4v) is 2.80. The van der Waals surface area contributed by atoms with Crippen LogP contribution in [-0.4, -0.2) is 11.9 Å². The van der Waals surface area contributed by atoms with Crippen molar-refractivity contribution in [3.05, 3.63) is 89.4 Å². The van der Waals surface area contributed by atoms with Crippen LogP contribution in [0, 0.1) is 24.2 Å². The van der Waals surface area contributed by atoms with Gasteiger partial charge in [-0.15, -0.1) is 0 Å². The molecule has 0 aromatic heterocycles. The second-order valence-corrected chi connectivity index (χ2v) is 6.58. The van der Waals surface area contributed by atoms with Crippen molar-refractivity contribution < 1.29 is 14.3 Å².